The highest BCUT2D eigenvalue weighted by Gasteiger charge is 2.27. The van der Waals surface area contributed by atoms with Gasteiger partial charge in [-0.2, -0.15) is 5.26 Å². The topological polar surface area (TPSA) is 67.6 Å². The maximum absolute atomic E-state index is 12.5. The summed E-state index contributed by atoms with van der Waals surface area (Å²) in [7, 11) is 0. The lowest BCUT2D eigenvalue weighted by atomic mass is 9.89. The second kappa shape index (κ2) is 7.12. The van der Waals surface area contributed by atoms with Gasteiger partial charge < -0.3 is 10.0 Å². The van der Waals surface area contributed by atoms with Crippen molar-refractivity contribution >= 4 is 5.91 Å². The molecule has 0 spiro atoms. The summed E-state index contributed by atoms with van der Waals surface area (Å²) in [5.74, 6) is -0.0295. The minimum absolute atomic E-state index is 0.0295. The molecule has 0 unspecified atom stereocenters. The maximum atomic E-state index is 12.5. The van der Waals surface area contributed by atoms with Crippen molar-refractivity contribution in [1.82, 2.24) is 9.80 Å². The Morgan fingerprint density at radius 3 is 2.52 bits per heavy atom. The molecule has 0 aliphatic carbocycles. The van der Waals surface area contributed by atoms with Gasteiger partial charge in [-0.05, 0) is 23.6 Å². The van der Waals surface area contributed by atoms with E-state index in [2.05, 4.69) is 11.0 Å². The first-order chi connectivity index (χ1) is 10.8. The van der Waals surface area contributed by atoms with Gasteiger partial charge >= 0.3 is 0 Å². The maximum Gasteiger partial charge on any atom is 0.253 e. The molecule has 0 bridgehead atoms. The number of benzene rings is 1. The lowest BCUT2D eigenvalue weighted by Gasteiger charge is -2.38. The van der Waals surface area contributed by atoms with Crippen LogP contribution >= 0.6 is 0 Å². The summed E-state index contributed by atoms with van der Waals surface area (Å²) in [4.78, 5) is 16.5. The monoisotopic (exact) mass is 315 g/mol. The van der Waals surface area contributed by atoms with Gasteiger partial charge in [0.15, 0.2) is 0 Å². The third kappa shape index (κ3) is 4.54. The van der Waals surface area contributed by atoms with E-state index in [9.17, 15) is 9.90 Å². The van der Waals surface area contributed by atoms with Crippen molar-refractivity contribution in [3.63, 3.8) is 0 Å². The van der Waals surface area contributed by atoms with Crippen molar-refractivity contribution in [2.45, 2.75) is 26.9 Å². The Balaban J connectivity index is 1.91. The molecule has 1 fully saturated rings. The van der Waals surface area contributed by atoms with Crippen LogP contribution in [0.3, 0.4) is 0 Å². The van der Waals surface area contributed by atoms with E-state index in [1.807, 2.05) is 25.7 Å². The molecular formula is C18H25N3O2. The van der Waals surface area contributed by atoms with E-state index in [4.69, 9.17) is 5.26 Å². The van der Waals surface area contributed by atoms with Crippen LogP contribution in [0.15, 0.2) is 24.3 Å². The van der Waals surface area contributed by atoms with Crippen LogP contribution in [0.25, 0.3) is 0 Å². The molecule has 124 valence electrons. The average molecular weight is 315 g/mol. The molecule has 2 rings (SSSR count). The highest BCUT2D eigenvalue weighted by Crippen LogP contribution is 2.20. The van der Waals surface area contributed by atoms with Crippen LogP contribution in [0.5, 0.6) is 0 Å². The fourth-order valence-corrected chi connectivity index (χ4v) is 2.56. The third-order valence-corrected chi connectivity index (χ3v) is 4.33. The van der Waals surface area contributed by atoms with Crippen molar-refractivity contribution in [2.24, 2.45) is 5.41 Å². The summed E-state index contributed by atoms with van der Waals surface area (Å²) in [5.41, 5.74) is 0.931. The molecule has 1 aliphatic heterocycles. The van der Waals surface area contributed by atoms with Crippen LogP contribution in [-0.2, 0) is 0 Å². The van der Waals surface area contributed by atoms with Gasteiger partial charge in [-0.15, -0.1) is 0 Å². The Morgan fingerprint density at radius 2 is 1.96 bits per heavy atom. The Kier molecular flexibility index (Phi) is 5.40. The summed E-state index contributed by atoms with van der Waals surface area (Å²) < 4.78 is 0. The van der Waals surface area contributed by atoms with Gasteiger partial charge in [0.25, 0.3) is 5.91 Å². The molecule has 5 nitrogen and oxygen atoms in total. The van der Waals surface area contributed by atoms with Crippen LogP contribution in [0.1, 0.15) is 36.7 Å². The van der Waals surface area contributed by atoms with Gasteiger partial charge in [-0.25, -0.2) is 0 Å². The summed E-state index contributed by atoms with van der Waals surface area (Å²) in [6.45, 7) is 9.53. The van der Waals surface area contributed by atoms with Crippen LogP contribution < -0.4 is 0 Å². The first-order valence-corrected chi connectivity index (χ1v) is 8.01. The number of carbonyl (C=O) groups excluding carboxylic acids is 1. The number of aliphatic hydroxyl groups is 1. The Labute approximate surface area is 138 Å². The second-order valence-electron chi connectivity index (χ2n) is 7.17. The Morgan fingerprint density at radius 1 is 1.30 bits per heavy atom. The largest absolute Gasteiger partial charge is 0.391 e. The van der Waals surface area contributed by atoms with E-state index in [1.54, 1.807) is 24.3 Å². The summed E-state index contributed by atoms with van der Waals surface area (Å²) in [5, 5.41) is 19.1. The van der Waals surface area contributed by atoms with Crippen molar-refractivity contribution in [3.8, 4) is 6.07 Å². The zero-order valence-electron chi connectivity index (χ0n) is 14.1. The van der Waals surface area contributed by atoms with E-state index >= 15 is 0 Å². The van der Waals surface area contributed by atoms with Gasteiger partial charge in [0.1, 0.15) is 0 Å². The van der Waals surface area contributed by atoms with Crippen molar-refractivity contribution in [1.29, 1.82) is 5.26 Å². The number of nitrogens with zero attached hydrogens (tertiary/aromatic N) is 3. The van der Waals surface area contributed by atoms with E-state index in [0.717, 1.165) is 13.1 Å². The number of amides is 1. The van der Waals surface area contributed by atoms with Gasteiger partial charge in [-0.3, -0.25) is 9.69 Å². The van der Waals surface area contributed by atoms with Crippen LogP contribution in [-0.4, -0.2) is 59.6 Å². The number of piperazine rings is 1. The van der Waals surface area contributed by atoms with Crippen molar-refractivity contribution < 1.29 is 9.90 Å². The summed E-state index contributed by atoms with van der Waals surface area (Å²) in [6, 6.07) is 8.88. The Hall–Kier alpha value is -1.90. The van der Waals surface area contributed by atoms with Crippen LogP contribution in [0.2, 0.25) is 0 Å². The van der Waals surface area contributed by atoms with Gasteiger partial charge in [0, 0.05) is 38.3 Å². The molecule has 1 saturated heterocycles. The highest BCUT2D eigenvalue weighted by atomic mass is 16.3. The highest BCUT2D eigenvalue weighted by molar-refractivity contribution is 5.94. The predicted molar refractivity (Wildman–Crippen MR) is 89.0 cm³/mol. The van der Waals surface area contributed by atoms with Crippen molar-refractivity contribution in [2.75, 3.05) is 32.7 Å². The fraction of sp³-hybridized carbons (Fsp3) is 0.556. The van der Waals surface area contributed by atoms with E-state index in [1.165, 1.54) is 0 Å². The molecule has 0 aromatic heterocycles. The number of β-amino-alcohol motifs (C(OH)–C–C–N with tert-alkyl or cyclic N) is 1. The normalized spacial score (nSPS) is 17.6. The summed E-state index contributed by atoms with van der Waals surface area (Å²) in [6.07, 6.45) is -0.378. The number of hydrogen-bond donors (Lipinski definition) is 1. The standard InChI is InChI=1S/C18H25N3O2/c1-18(2,3)16(22)13-20-7-9-21(10-8-20)17(23)15-6-4-5-14(11-15)12-19/h4-6,11,16,22H,7-10,13H2,1-3H3/t16-/m0/s1. The molecule has 0 radical (unpaired) electrons. The molecular weight excluding hydrogens is 290 g/mol. The SMILES string of the molecule is CC(C)(C)[C@@H](O)CN1CCN(C(=O)c2cccc(C#N)c2)CC1. The number of aliphatic hydroxyl groups excluding tert-OH is 1. The first-order valence-electron chi connectivity index (χ1n) is 8.01. The summed E-state index contributed by atoms with van der Waals surface area (Å²) >= 11 is 0. The van der Waals surface area contributed by atoms with Crippen molar-refractivity contribution in [3.05, 3.63) is 35.4 Å². The molecule has 1 aliphatic rings. The predicted octanol–water partition coefficient (Wildman–Crippen LogP) is 1.72. The van der Waals surface area contributed by atoms with Gasteiger partial charge in [-0.1, -0.05) is 26.8 Å². The number of nitriles is 1. The van der Waals surface area contributed by atoms with Gasteiger partial charge in [0.2, 0.25) is 0 Å². The quantitative estimate of drug-likeness (QED) is 0.922. The van der Waals surface area contributed by atoms with E-state index in [-0.39, 0.29) is 17.4 Å². The first kappa shape index (κ1) is 17.5. The number of carbonyl (C=O) groups is 1. The molecule has 1 N–H and O–H groups in total. The van der Waals surface area contributed by atoms with E-state index < -0.39 is 0 Å². The Bertz CT molecular complexity index is 593. The molecule has 1 aromatic rings. The van der Waals surface area contributed by atoms with Crippen LogP contribution in [0, 0.1) is 16.7 Å². The molecule has 1 atom stereocenters. The lowest BCUT2D eigenvalue weighted by molar-refractivity contribution is 0.0137. The molecule has 1 heterocycles. The fourth-order valence-electron chi connectivity index (χ4n) is 2.56. The third-order valence-electron chi connectivity index (χ3n) is 4.33. The van der Waals surface area contributed by atoms with Gasteiger partial charge in [0.05, 0.1) is 17.7 Å². The number of rotatable bonds is 3. The number of hydrogen-bond acceptors (Lipinski definition) is 4. The minimum atomic E-state index is -0.378. The average Bonchev–Trinajstić information content (AvgIpc) is 2.54. The molecule has 5 heteroatoms. The zero-order chi connectivity index (χ0) is 17.0. The molecule has 0 saturated carbocycles. The van der Waals surface area contributed by atoms with E-state index in [0.29, 0.717) is 30.8 Å². The second-order valence-corrected chi connectivity index (χ2v) is 7.17. The van der Waals surface area contributed by atoms with Crippen LogP contribution in [0.4, 0.5) is 0 Å². The minimum Gasteiger partial charge on any atom is -0.391 e. The zero-order valence-corrected chi connectivity index (χ0v) is 14.1. The lowest BCUT2D eigenvalue weighted by Crippen LogP contribution is -2.51. The molecule has 1 amide bonds. The molecule has 23 heavy (non-hydrogen) atoms. The smallest absolute Gasteiger partial charge is 0.253 e. The molecule has 1 aromatic carbocycles.